The average molecular weight is 185 g/mol. The van der Waals surface area contributed by atoms with E-state index < -0.39 is 0 Å². The van der Waals surface area contributed by atoms with Crippen molar-refractivity contribution in [1.82, 2.24) is 9.55 Å². The monoisotopic (exact) mass is 185 g/mol. The summed E-state index contributed by atoms with van der Waals surface area (Å²) in [6.45, 7) is 0. The fourth-order valence-electron chi connectivity index (χ4n) is 1.37. The summed E-state index contributed by atoms with van der Waals surface area (Å²) in [7, 11) is 1.63. The van der Waals surface area contributed by atoms with E-state index in [1.54, 1.807) is 25.4 Å². The molecule has 0 saturated heterocycles. The molecule has 0 atom stereocenters. The van der Waals surface area contributed by atoms with Crippen LogP contribution in [0.4, 0.5) is 0 Å². The molecule has 2 aromatic rings. The quantitative estimate of drug-likeness (QED) is 0.610. The van der Waals surface area contributed by atoms with Crippen LogP contribution in [0, 0.1) is 11.3 Å². The van der Waals surface area contributed by atoms with Crippen molar-refractivity contribution in [1.29, 1.82) is 5.26 Å². The van der Waals surface area contributed by atoms with E-state index in [4.69, 9.17) is 5.26 Å². The summed E-state index contributed by atoms with van der Waals surface area (Å²) in [6.07, 6.45) is 1.63. The average Bonchev–Trinajstić information content (AvgIpc) is 2.23. The Morgan fingerprint density at radius 2 is 2.36 bits per heavy atom. The number of nitriles is 1. The topological polar surface area (TPSA) is 58.7 Å². The Morgan fingerprint density at radius 1 is 1.57 bits per heavy atom. The third kappa shape index (κ3) is 1.07. The Kier molecular flexibility index (Phi) is 1.79. The first-order valence-corrected chi connectivity index (χ1v) is 4.09. The fraction of sp³-hybridized carbons (Fsp3) is 0.100. The smallest absolute Gasteiger partial charge is 0.268 e. The van der Waals surface area contributed by atoms with E-state index in [0.717, 1.165) is 5.52 Å². The third-order valence-electron chi connectivity index (χ3n) is 2.11. The molecule has 0 saturated carbocycles. The lowest BCUT2D eigenvalue weighted by Crippen LogP contribution is -2.19. The minimum absolute atomic E-state index is 0.124. The molecule has 0 aromatic carbocycles. The second-order valence-corrected chi connectivity index (χ2v) is 2.94. The molecule has 2 rings (SSSR count). The number of aromatic nitrogens is 2. The van der Waals surface area contributed by atoms with E-state index in [9.17, 15) is 4.79 Å². The molecule has 0 spiro atoms. The Hall–Kier alpha value is -2.15. The van der Waals surface area contributed by atoms with Gasteiger partial charge in [0.05, 0.1) is 11.0 Å². The predicted molar refractivity (Wildman–Crippen MR) is 51.7 cm³/mol. The molecule has 2 aromatic heterocycles. The highest BCUT2D eigenvalue weighted by molar-refractivity contribution is 5.75. The van der Waals surface area contributed by atoms with Gasteiger partial charge >= 0.3 is 0 Å². The standard InChI is InChI=1S/C10H7N3O/c1-13-9-3-2-4-12-8(9)5-7(6-11)10(13)14/h2-5H,1H3. The number of pyridine rings is 2. The largest absolute Gasteiger partial charge is 0.309 e. The van der Waals surface area contributed by atoms with Crippen LogP contribution in [0.25, 0.3) is 11.0 Å². The number of aryl methyl sites for hydroxylation is 1. The predicted octanol–water partition coefficient (Wildman–Crippen LogP) is 0.805. The third-order valence-corrected chi connectivity index (χ3v) is 2.11. The second-order valence-electron chi connectivity index (χ2n) is 2.94. The zero-order valence-electron chi connectivity index (χ0n) is 7.56. The van der Waals surface area contributed by atoms with Gasteiger partial charge in [-0.25, -0.2) is 0 Å². The van der Waals surface area contributed by atoms with Crippen molar-refractivity contribution in [2.45, 2.75) is 0 Å². The lowest BCUT2D eigenvalue weighted by atomic mass is 10.2. The van der Waals surface area contributed by atoms with Crippen molar-refractivity contribution in [3.05, 3.63) is 40.3 Å². The van der Waals surface area contributed by atoms with Gasteiger partial charge in [-0.15, -0.1) is 0 Å². The van der Waals surface area contributed by atoms with Gasteiger partial charge in [0, 0.05) is 13.2 Å². The fourth-order valence-corrected chi connectivity index (χ4v) is 1.37. The van der Waals surface area contributed by atoms with Crippen LogP contribution < -0.4 is 5.56 Å². The molecule has 2 heterocycles. The van der Waals surface area contributed by atoms with Crippen LogP contribution in [0.2, 0.25) is 0 Å². The molecule has 0 radical (unpaired) electrons. The second kappa shape index (κ2) is 2.96. The summed E-state index contributed by atoms with van der Waals surface area (Å²) in [6, 6.07) is 6.92. The van der Waals surface area contributed by atoms with Crippen LogP contribution >= 0.6 is 0 Å². The number of fused-ring (bicyclic) bond motifs is 1. The van der Waals surface area contributed by atoms with Gasteiger partial charge in [0.25, 0.3) is 5.56 Å². The van der Waals surface area contributed by atoms with Crippen LogP contribution in [0.5, 0.6) is 0 Å². The van der Waals surface area contributed by atoms with Crippen LogP contribution in [0.15, 0.2) is 29.2 Å². The highest BCUT2D eigenvalue weighted by Crippen LogP contribution is 2.08. The summed E-state index contributed by atoms with van der Waals surface area (Å²) in [5.74, 6) is 0. The van der Waals surface area contributed by atoms with E-state index >= 15 is 0 Å². The van der Waals surface area contributed by atoms with Gasteiger partial charge in [0.2, 0.25) is 0 Å². The number of rotatable bonds is 0. The van der Waals surface area contributed by atoms with Crippen molar-refractivity contribution in [2.24, 2.45) is 7.05 Å². The van der Waals surface area contributed by atoms with Gasteiger partial charge in [-0.1, -0.05) is 0 Å². The van der Waals surface area contributed by atoms with E-state index in [-0.39, 0.29) is 11.1 Å². The van der Waals surface area contributed by atoms with Crippen molar-refractivity contribution < 1.29 is 0 Å². The molecule has 0 aliphatic carbocycles. The molecule has 0 bridgehead atoms. The molecule has 4 nitrogen and oxygen atoms in total. The highest BCUT2D eigenvalue weighted by Gasteiger charge is 2.05. The summed E-state index contributed by atoms with van der Waals surface area (Å²) in [4.78, 5) is 15.6. The van der Waals surface area contributed by atoms with Crippen LogP contribution in [-0.4, -0.2) is 9.55 Å². The van der Waals surface area contributed by atoms with Gasteiger partial charge in [-0.3, -0.25) is 9.78 Å². The first kappa shape index (κ1) is 8.45. The van der Waals surface area contributed by atoms with Crippen LogP contribution in [-0.2, 0) is 7.05 Å². The lowest BCUT2D eigenvalue weighted by molar-refractivity contribution is 0.898. The van der Waals surface area contributed by atoms with E-state index in [2.05, 4.69) is 4.98 Å². The molecule has 0 fully saturated rings. The number of hydrogen-bond acceptors (Lipinski definition) is 3. The Morgan fingerprint density at radius 3 is 3.07 bits per heavy atom. The molecule has 0 aliphatic heterocycles. The van der Waals surface area contributed by atoms with Gasteiger partial charge in [0.1, 0.15) is 11.6 Å². The van der Waals surface area contributed by atoms with Crippen molar-refractivity contribution in [3.8, 4) is 6.07 Å². The van der Waals surface area contributed by atoms with Gasteiger partial charge in [0.15, 0.2) is 0 Å². The van der Waals surface area contributed by atoms with E-state index in [0.29, 0.717) is 5.52 Å². The zero-order chi connectivity index (χ0) is 10.1. The SMILES string of the molecule is Cn1c(=O)c(C#N)cc2ncccc21. The molecular formula is C10H7N3O. The van der Waals surface area contributed by atoms with Gasteiger partial charge < -0.3 is 4.57 Å². The van der Waals surface area contributed by atoms with Gasteiger partial charge in [-0.2, -0.15) is 5.26 Å². The van der Waals surface area contributed by atoms with E-state index in [1.165, 1.54) is 10.6 Å². The normalized spacial score (nSPS) is 10.0. The number of hydrogen-bond donors (Lipinski definition) is 0. The summed E-state index contributed by atoms with van der Waals surface area (Å²) in [5.41, 5.74) is 1.23. The maximum Gasteiger partial charge on any atom is 0.268 e. The minimum Gasteiger partial charge on any atom is -0.309 e. The molecule has 0 N–H and O–H groups in total. The summed E-state index contributed by atoms with van der Waals surface area (Å²) in [5, 5.41) is 8.71. The van der Waals surface area contributed by atoms with Crippen molar-refractivity contribution >= 4 is 11.0 Å². The van der Waals surface area contributed by atoms with Crippen molar-refractivity contribution in [2.75, 3.05) is 0 Å². The summed E-state index contributed by atoms with van der Waals surface area (Å²) < 4.78 is 1.43. The molecule has 14 heavy (non-hydrogen) atoms. The molecule has 4 heteroatoms. The van der Waals surface area contributed by atoms with E-state index in [1.807, 2.05) is 6.07 Å². The van der Waals surface area contributed by atoms with Gasteiger partial charge in [-0.05, 0) is 18.2 Å². The molecule has 68 valence electrons. The Bertz CT molecular complexity index is 592. The first-order chi connectivity index (χ1) is 6.74. The summed E-state index contributed by atoms with van der Waals surface area (Å²) >= 11 is 0. The lowest BCUT2D eigenvalue weighted by Gasteiger charge is -2.03. The zero-order valence-corrected chi connectivity index (χ0v) is 7.56. The Labute approximate surface area is 80.0 Å². The molecule has 0 aliphatic rings. The minimum atomic E-state index is -0.284. The highest BCUT2D eigenvalue weighted by atomic mass is 16.1. The molecule has 0 amide bonds. The number of nitrogens with zero attached hydrogens (tertiary/aromatic N) is 3. The first-order valence-electron chi connectivity index (χ1n) is 4.09. The van der Waals surface area contributed by atoms with Crippen LogP contribution in [0.3, 0.4) is 0 Å². The van der Waals surface area contributed by atoms with Crippen LogP contribution in [0.1, 0.15) is 5.56 Å². The Balaban J connectivity index is 3.01. The molecule has 0 unspecified atom stereocenters. The maximum absolute atomic E-state index is 11.5. The maximum atomic E-state index is 11.5. The van der Waals surface area contributed by atoms with Crippen molar-refractivity contribution in [3.63, 3.8) is 0 Å². The molecular weight excluding hydrogens is 178 g/mol.